The van der Waals surface area contributed by atoms with Gasteiger partial charge in [-0.05, 0) is 69.8 Å². The maximum atomic E-state index is 11.3. The number of hydrogen-bond acceptors (Lipinski definition) is 5. The van der Waals surface area contributed by atoms with Crippen LogP contribution in [0.15, 0.2) is 30.6 Å². The first-order valence-electron chi connectivity index (χ1n) is 8.86. The molecule has 2 aromatic heterocycles. The van der Waals surface area contributed by atoms with Gasteiger partial charge in [0.25, 0.3) is 5.91 Å². The fourth-order valence-electron chi connectivity index (χ4n) is 3.44. The number of primary amides is 1. The first kappa shape index (κ1) is 17.5. The number of amides is 1. The van der Waals surface area contributed by atoms with E-state index < -0.39 is 5.91 Å². The lowest BCUT2D eigenvalue weighted by atomic mass is 9.95. The fraction of sp³-hybridized carbons (Fsp3) is 0.474. The van der Waals surface area contributed by atoms with Crippen molar-refractivity contribution in [3.63, 3.8) is 0 Å². The van der Waals surface area contributed by atoms with E-state index in [-0.39, 0.29) is 0 Å². The SMILES string of the molecule is Cc1cccc(CN2CCC[C@@H](Cc3cc(C(N)=O)ncn3)CC2)n1. The van der Waals surface area contributed by atoms with Crippen molar-refractivity contribution in [1.29, 1.82) is 0 Å². The molecule has 1 fully saturated rings. The third-order valence-corrected chi connectivity index (χ3v) is 4.75. The predicted octanol–water partition coefficient (Wildman–Crippen LogP) is 2.12. The molecule has 0 radical (unpaired) electrons. The van der Waals surface area contributed by atoms with Crippen molar-refractivity contribution in [2.24, 2.45) is 11.7 Å². The second-order valence-electron chi connectivity index (χ2n) is 6.81. The molecule has 6 heteroatoms. The van der Waals surface area contributed by atoms with Gasteiger partial charge in [0.2, 0.25) is 0 Å². The normalized spacial score (nSPS) is 18.7. The number of aromatic nitrogens is 3. The molecule has 25 heavy (non-hydrogen) atoms. The van der Waals surface area contributed by atoms with Gasteiger partial charge in [-0.1, -0.05) is 6.07 Å². The summed E-state index contributed by atoms with van der Waals surface area (Å²) >= 11 is 0. The van der Waals surface area contributed by atoms with Gasteiger partial charge in [0.05, 0.1) is 5.69 Å². The molecule has 0 saturated carbocycles. The number of likely N-dealkylation sites (tertiary alicyclic amines) is 1. The Balaban J connectivity index is 1.56. The summed E-state index contributed by atoms with van der Waals surface area (Å²) in [6.45, 7) is 5.11. The van der Waals surface area contributed by atoms with Crippen LogP contribution in [0.25, 0.3) is 0 Å². The molecule has 6 nitrogen and oxygen atoms in total. The van der Waals surface area contributed by atoms with Gasteiger partial charge in [-0.15, -0.1) is 0 Å². The summed E-state index contributed by atoms with van der Waals surface area (Å²) in [5, 5.41) is 0. The van der Waals surface area contributed by atoms with Crippen LogP contribution in [0.1, 0.15) is 46.8 Å². The van der Waals surface area contributed by atoms with Crippen molar-refractivity contribution in [2.75, 3.05) is 13.1 Å². The molecule has 2 aromatic rings. The van der Waals surface area contributed by atoms with Crippen LogP contribution in [-0.4, -0.2) is 38.8 Å². The minimum Gasteiger partial charge on any atom is -0.364 e. The number of nitrogens with two attached hydrogens (primary N) is 1. The predicted molar refractivity (Wildman–Crippen MR) is 95.8 cm³/mol. The molecule has 0 bridgehead atoms. The van der Waals surface area contributed by atoms with Crippen LogP contribution in [-0.2, 0) is 13.0 Å². The molecular formula is C19H25N5O. The van der Waals surface area contributed by atoms with E-state index in [0.29, 0.717) is 11.6 Å². The quantitative estimate of drug-likeness (QED) is 0.902. The van der Waals surface area contributed by atoms with E-state index >= 15 is 0 Å². The number of hydrogen-bond donors (Lipinski definition) is 1. The molecule has 0 aromatic carbocycles. The van der Waals surface area contributed by atoms with E-state index in [2.05, 4.69) is 32.0 Å². The number of aryl methyl sites for hydroxylation is 1. The summed E-state index contributed by atoms with van der Waals surface area (Å²) in [6, 6.07) is 7.93. The van der Waals surface area contributed by atoms with Gasteiger partial charge in [-0.25, -0.2) is 9.97 Å². The first-order chi connectivity index (χ1) is 12.1. The van der Waals surface area contributed by atoms with Gasteiger partial charge in [0.15, 0.2) is 0 Å². The molecule has 3 rings (SSSR count). The van der Waals surface area contributed by atoms with E-state index in [1.165, 1.54) is 19.2 Å². The second-order valence-corrected chi connectivity index (χ2v) is 6.81. The number of carbonyl (C=O) groups is 1. The Morgan fingerprint density at radius 3 is 2.92 bits per heavy atom. The molecule has 1 amide bonds. The van der Waals surface area contributed by atoms with Crippen LogP contribution >= 0.6 is 0 Å². The van der Waals surface area contributed by atoms with Gasteiger partial charge in [-0.3, -0.25) is 14.7 Å². The highest BCUT2D eigenvalue weighted by Crippen LogP contribution is 2.22. The van der Waals surface area contributed by atoms with E-state index in [1.54, 1.807) is 6.07 Å². The summed E-state index contributed by atoms with van der Waals surface area (Å²) in [7, 11) is 0. The van der Waals surface area contributed by atoms with E-state index in [1.807, 2.05) is 13.0 Å². The van der Waals surface area contributed by atoms with Crippen molar-refractivity contribution in [3.05, 3.63) is 53.4 Å². The maximum absolute atomic E-state index is 11.3. The van der Waals surface area contributed by atoms with Crippen molar-refractivity contribution in [1.82, 2.24) is 19.9 Å². The Bertz CT molecular complexity index is 733. The fourth-order valence-corrected chi connectivity index (χ4v) is 3.44. The third-order valence-electron chi connectivity index (χ3n) is 4.75. The largest absolute Gasteiger partial charge is 0.364 e. The Kier molecular flexibility index (Phi) is 5.71. The van der Waals surface area contributed by atoms with Gasteiger partial charge in [0.1, 0.15) is 12.0 Å². The first-order valence-corrected chi connectivity index (χ1v) is 8.86. The number of carbonyl (C=O) groups excluding carboxylic acids is 1. The lowest BCUT2D eigenvalue weighted by molar-refractivity contribution is 0.0995. The zero-order chi connectivity index (χ0) is 17.6. The molecule has 1 atom stereocenters. The van der Waals surface area contributed by atoms with Gasteiger partial charge in [0, 0.05) is 17.9 Å². The van der Waals surface area contributed by atoms with Crippen LogP contribution in [0, 0.1) is 12.8 Å². The van der Waals surface area contributed by atoms with Gasteiger partial charge < -0.3 is 5.73 Å². The highest BCUT2D eigenvalue weighted by atomic mass is 16.1. The monoisotopic (exact) mass is 339 g/mol. The van der Waals surface area contributed by atoms with Crippen LogP contribution in [0.4, 0.5) is 0 Å². The molecule has 0 aliphatic carbocycles. The highest BCUT2D eigenvalue weighted by Gasteiger charge is 2.19. The van der Waals surface area contributed by atoms with Crippen LogP contribution in [0.3, 0.4) is 0 Å². The smallest absolute Gasteiger partial charge is 0.267 e. The zero-order valence-electron chi connectivity index (χ0n) is 14.7. The molecule has 3 heterocycles. The molecule has 2 N–H and O–H groups in total. The van der Waals surface area contributed by atoms with Gasteiger partial charge in [-0.2, -0.15) is 0 Å². The Morgan fingerprint density at radius 2 is 2.12 bits per heavy atom. The maximum Gasteiger partial charge on any atom is 0.267 e. The molecular weight excluding hydrogens is 314 g/mol. The Labute approximate surface area is 148 Å². The van der Waals surface area contributed by atoms with Crippen LogP contribution in [0.2, 0.25) is 0 Å². The summed E-state index contributed by atoms with van der Waals surface area (Å²) < 4.78 is 0. The van der Waals surface area contributed by atoms with Gasteiger partial charge >= 0.3 is 0 Å². The lowest BCUT2D eigenvalue weighted by Crippen LogP contribution is -2.25. The molecule has 1 saturated heterocycles. The van der Waals surface area contributed by atoms with Crippen molar-refractivity contribution < 1.29 is 4.79 Å². The summed E-state index contributed by atoms with van der Waals surface area (Å²) in [5.41, 5.74) is 8.71. The standard InChI is InChI=1S/C19H25N5O/c1-14-4-2-6-16(23-14)12-24-8-3-5-15(7-9-24)10-17-11-18(19(20)25)22-13-21-17/h2,4,6,11,13,15H,3,5,7-10,12H2,1H3,(H2,20,25)/t15-/m1/s1. The number of rotatable bonds is 5. The van der Waals surface area contributed by atoms with E-state index in [9.17, 15) is 4.79 Å². The molecule has 1 aliphatic heterocycles. The second kappa shape index (κ2) is 8.16. The van der Waals surface area contributed by atoms with Crippen molar-refractivity contribution >= 4 is 5.91 Å². The van der Waals surface area contributed by atoms with Crippen molar-refractivity contribution in [2.45, 2.75) is 39.2 Å². The van der Waals surface area contributed by atoms with Crippen molar-refractivity contribution in [3.8, 4) is 0 Å². The minimum atomic E-state index is -0.499. The zero-order valence-corrected chi connectivity index (χ0v) is 14.7. The van der Waals surface area contributed by atoms with Crippen LogP contribution in [0.5, 0.6) is 0 Å². The topological polar surface area (TPSA) is 85.0 Å². The number of nitrogens with zero attached hydrogens (tertiary/aromatic N) is 4. The average molecular weight is 339 g/mol. The minimum absolute atomic E-state index is 0.297. The number of pyridine rings is 1. The Hall–Kier alpha value is -2.34. The third kappa shape index (κ3) is 5.06. The molecule has 1 aliphatic rings. The van der Waals surface area contributed by atoms with E-state index in [0.717, 1.165) is 49.6 Å². The van der Waals surface area contributed by atoms with Crippen LogP contribution < -0.4 is 5.73 Å². The summed E-state index contributed by atoms with van der Waals surface area (Å²) in [5.74, 6) is 0.0763. The molecule has 132 valence electrons. The van der Waals surface area contributed by atoms with E-state index in [4.69, 9.17) is 5.73 Å². The average Bonchev–Trinajstić information content (AvgIpc) is 2.80. The summed E-state index contributed by atoms with van der Waals surface area (Å²) in [4.78, 5) is 26.6. The molecule has 0 spiro atoms. The molecule has 0 unspecified atom stereocenters. The lowest BCUT2D eigenvalue weighted by Gasteiger charge is -2.20. The highest BCUT2D eigenvalue weighted by molar-refractivity contribution is 5.90. The Morgan fingerprint density at radius 1 is 1.24 bits per heavy atom. The summed E-state index contributed by atoms with van der Waals surface area (Å²) in [6.07, 6.45) is 5.78.